The zero-order valence-electron chi connectivity index (χ0n) is 4.07. The monoisotopic (exact) mass is 208 g/mol. The van der Waals surface area contributed by atoms with Crippen molar-refractivity contribution in [2.24, 2.45) is 0 Å². The van der Waals surface area contributed by atoms with Gasteiger partial charge in [-0.05, 0) is 0 Å². The van der Waals surface area contributed by atoms with E-state index >= 15 is 0 Å². The number of hydrogen-bond donors (Lipinski definition) is 0. The molecule has 0 aromatic carbocycles. The van der Waals surface area contributed by atoms with Gasteiger partial charge in [-0.15, -0.1) is 0 Å². The maximum Gasteiger partial charge on any atom is 1.00 e. The van der Waals surface area contributed by atoms with Crippen molar-refractivity contribution >= 4 is 7.81 Å². The summed E-state index contributed by atoms with van der Waals surface area (Å²) < 4.78 is 59.2. The molecular weight excluding hydrogens is 208 g/mol. The maximum absolute atomic E-state index is 10.7. The van der Waals surface area contributed by atoms with E-state index in [4.69, 9.17) is 0 Å². The summed E-state index contributed by atoms with van der Waals surface area (Å²) in [7, 11) is -10.7. The van der Waals surface area contributed by atoms with Crippen molar-refractivity contribution in [1.82, 2.24) is 0 Å². The molecule has 0 N–H and O–H groups in total. The van der Waals surface area contributed by atoms with Crippen LogP contribution < -0.4 is 18.9 Å². The summed E-state index contributed by atoms with van der Waals surface area (Å²) in [6.07, 6.45) is 0. The van der Waals surface area contributed by atoms with Gasteiger partial charge < -0.3 is 0 Å². The van der Waals surface area contributed by atoms with E-state index in [9.17, 15) is 25.2 Å². The first-order valence-corrected chi connectivity index (χ1v) is 3.04. The molecule has 0 aliphatic rings. The Labute approximate surface area is 69.2 Å². The first kappa shape index (κ1) is 16.6. The molecular formula is F6FeLiP. The summed E-state index contributed by atoms with van der Waals surface area (Å²) in [4.78, 5) is 0. The van der Waals surface area contributed by atoms with Crippen molar-refractivity contribution in [3.63, 3.8) is 0 Å². The zero-order valence-corrected chi connectivity index (χ0v) is 6.07. The fraction of sp³-hybridized carbons (Fsp3) is 0. The average molecular weight is 208 g/mol. The van der Waals surface area contributed by atoms with Crippen molar-refractivity contribution in [2.45, 2.75) is 0 Å². The molecule has 0 aliphatic heterocycles. The van der Waals surface area contributed by atoms with Gasteiger partial charge in [0.05, 0.1) is 0 Å². The van der Waals surface area contributed by atoms with E-state index in [1.165, 1.54) is 0 Å². The van der Waals surface area contributed by atoms with Crippen LogP contribution in [0.2, 0.25) is 0 Å². The van der Waals surface area contributed by atoms with E-state index in [1.54, 1.807) is 0 Å². The van der Waals surface area contributed by atoms with Crippen LogP contribution in [0.15, 0.2) is 0 Å². The molecule has 0 spiro atoms. The largest absolute Gasteiger partial charge is 1.00 e. The van der Waals surface area contributed by atoms with Crippen molar-refractivity contribution in [3.05, 3.63) is 0 Å². The van der Waals surface area contributed by atoms with Gasteiger partial charge in [-0.3, -0.25) is 0 Å². The molecule has 0 bridgehead atoms. The molecule has 0 fully saturated rings. The number of hydrogen-bond acceptors (Lipinski definition) is 0. The molecule has 0 nitrogen and oxygen atoms in total. The van der Waals surface area contributed by atoms with Crippen molar-refractivity contribution in [2.75, 3.05) is 0 Å². The third kappa shape index (κ3) is 365. The molecule has 0 rings (SSSR count). The average Bonchev–Trinajstić information content (AvgIpc) is 0.592. The second-order valence-corrected chi connectivity index (χ2v) is 2.87. The standard InChI is InChI=1S/F6P.Fe.Li/c1-7(2,3,4,5)6;;/q-1;;+1. The maximum atomic E-state index is 9.87. The van der Waals surface area contributed by atoms with Gasteiger partial charge in [-0.1, -0.05) is 0 Å². The zero-order chi connectivity index (χ0) is 6.41. The Morgan fingerprint density at radius 3 is 0.667 bits per heavy atom. The molecule has 0 radical (unpaired) electrons. The van der Waals surface area contributed by atoms with Gasteiger partial charge in [-0.25, -0.2) is 0 Å². The third-order valence-electron chi connectivity index (χ3n) is 0. The van der Waals surface area contributed by atoms with Gasteiger partial charge in [0.2, 0.25) is 0 Å². The van der Waals surface area contributed by atoms with Gasteiger partial charge in [0.1, 0.15) is 0 Å². The Morgan fingerprint density at radius 1 is 0.667 bits per heavy atom. The summed E-state index contributed by atoms with van der Waals surface area (Å²) in [5, 5.41) is 0. The van der Waals surface area contributed by atoms with Crippen LogP contribution in [0.1, 0.15) is 0 Å². The van der Waals surface area contributed by atoms with Crippen LogP contribution in [0.5, 0.6) is 0 Å². The summed E-state index contributed by atoms with van der Waals surface area (Å²) in [6.45, 7) is 0. The van der Waals surface area contributed by atoms with Gasteiger partial charge in [0.15, 0.2) is 0 Å². The van der Waals surface area contributed by atoms with Crippen LogP contribution >= 0.6 is 7.81 Å². The molecule has 0 amide bonds. The molecule has 0 heterocycles. The van der Waals surface area contributed by atoms with Crippen LogP contribution in [-0.4, -0.2) is 0 Å². The minimum atomic E-state index is -10.7. The van der Waals surface area contributed by atoms with E-state index < -0.39 is 7.81 Å². The topological polar surface area (TPSA) is 0 Å². The van der Waals surface area contributed by atoms with Gasteiger partial charge >= 0.3 is 51.9 Å². The third-order valence-corrected chi connectivity index (χ3v) is 0. The Bertz CT molecular complexity index is 71.6. The second kappa shape index (κ2) is 2.32. The summed E-state index contributed by atoms with van der Waals surface area (Å²) in [5.74, 6) is 0. The van der Waals surface area contributed by atoms with Crippen LogP contribution in [0, 0.1) is 0 Å². The van der Waals surface area contributed by atoms with Crippen LogP contribution in [0.4, 0.5) is 25.2 Å². The molecule has 0 aromatic rings. The smallest absolute Gasteiger partial charge is 0 e. The normalized spacial score (nSPS) is 18.0. The molecule has 9 heavy (non-hydrogen) atoms. The molecule has 0 atom stereocenters. The summed E-state index contributed by atoms with van der Waals surface area (Å²) in [6, 6.07) is 0. The molecule has 9 heteroatoms. The molecule has 0 saturated heterocycles. The predicted octanol–water partition coefficient (Wildman–Crippen LogP) is 0.384. The minimum absolute atomic E-state index is 0. The van der Waals surface area contributed by atoms with E-state index in [2.05, 4.69) is 0 Å². The number of halogens is 6. The van der Waals surface area contributed by atoms with Crippen LogP contribution in [-0.2, 0) is 17.1 Å². The number of rotatable bonds is 0. The first-order chi connectivity index (χ1) is 2.45. The minimum Gasteiger partial charge on any atom is 0 e. The SMILES string of the molecule is F[P-](F)(F)(F)(F)F.[Fe].[Li+]. The first-order valence-electron chi connectivity index (χ1n) is 1.01. The molecule has 0 unspecified atom stereocenters. The summed E-state index contributed by atoms with van der Waals surface area (Å²) in [5.41, 5.74) is 0. The van der Waals surface area contributed by atoms with E-state index in [-0.39, 0.29) is 35.9 Å². The van der Waals surface area contributed by atoms with Gasteiger partial charge in [-0.2, -0.15) is 0 Å². The van der Waals surface area contributed by atoms with E-state index in [1.807, 2.05) is 0 Å². The molecule has 56 valence electrons. The predicted molar refractivity (Wildman–Crippen MR) is 13.6 cm³/mol. The fourth-order valence-corrected chi connectivity index (χ4v) is 0. The van der Waals surface area contributed by atoms with E-state index in [0.29, 0.717) is 0 Å². The molecule has 0 aromatic heterocycles. The fourth-order valence-electron chi connectivity index (χ4n) is 0. The quantitative estimate of drug-likeness (QED) is 0.306. The van der Waals surface area contributed by atoms with Crippen molar-refractivity contribution in [3.8, 4) is 0 Å². The second-order valence-electron chi connectivity index (χ2n) is 0.958. The van der Waals surface area contributed by atoms with Gasteiger partial charge in [0.25, 0.3) is 0 Å². The van der Waals surface area contributed by atoms with Crippen LogP contribution in [0.3, 0.4) is 0 Å². The Balaban J connectivity index is -0.000000180. The molecule has 0 saturated carbocycles. The Morgan fingerprint density at radius 2 is 0.667 bits per heavy atom. The van der Waals surface area contributed by atoms with Crippen molar-refractivity contribution < 1.29 is 61.1 Å². The molecule has 0 aliphatic carbocycles. The Hall–Kier alpha value is 1.13. The van der Waals surface area contributed by atoms with Crippen LogP contribution in [0.25, 0.3) is 0 Å². The summed E-state index contributed by atoms with van der Waals surface area (Å²) >= 11 is 0. The Kier molecular flexibility index (Phi) is 4.28. The van der Waals surface area contributed by atoms with E-state index in [0.717, 1.165) is 0 Å². The van der Waals surface area contributed by atoms with Gasteiger partial charge in [0, 0.05) is 17.1 Å². The van der Waals surface area contributed by atoms with Crippen molar-refractivity contribution in [1.29, 1.82) is 0 Å².